The van der Waals surface area contributed by atoms with Crippen molar-refractivity contribution in [2.45, 2.75) is 83.7 Å². The largest absolute Gasteiger partial charge is 0.393 e. The minimum Gasteiger partial charge on any atom is -0.393 e. The molecule has 2 atom stereocenters. The van der Waals surface area contributed by atoms with Gasteiger partial charge in [-0.25, -0.2) is 5.48 Å². The Hall–Kier alpha value is 0.447. The van der Waals surface area contributed by atoms with E-state index in [2.05, 4.69) is 32.0 Å². The van der Waals surface area contributed by atoms with E-state index in [4.69, 9.17) is 8.95 Å². The predicted octanol–water partition coefficient (Wildman–Crippen LogP) is 5.08. The Morgan fingerprint density at radius 3 is 2.50 bits per heavy atom. The van der Waals surface area contributed by atoms with Crippen LogP contribution >= 0.6 is 12.6 Å². The molecule has 0 aromatic heterocycles. The van der Waals surface area contributed by atoms with Gasteiger partial charge < -0.3 is 8.95 Å². The van der Waals surface area contributed by atoms with E-state index >= 15 is 0 Å². The van der Waals surface area contributed by atoms with Gasteiger partial charge in [-0.3, -0.25) is 0 Å². The van der Waals surface area contributed by atoms with Crippen LogP contribution in [0.2, 0.25) is 12.1 Å². The molecule has 0 radical (unpaired) electrons. The number of rotatable bonds is 11. The molecule has 3 nitrogen and oxygen atoms in total. The average molecular weight is 348 g/mol. The predicted molar refractivity (Wildman–Crippen MR) is 101 cm³/mol. The molecule has 1 aliphatic rings. The third kappa shape index (κ3) is 8.34. The monoisotopic (exact) mass is 347 g/mol. The fourth-order valence-electron chi connectivity index (χ4n) is 3.08. The zero-order chi connectivity index (χ0) is 16.1. The Balaban J connectivity index is 2.39. The Bertz CT molecular complexity index is 259. The number of hydrogen-bond donors (Lipinski definition) is 2. The van der Waals surface area contributed by atoms with Crippen LogP contribution in [0.25, 0.3) is 0 Å². The summed E-state index contributed by atoms with van der Waals surface area (Å²) in [6.07, 6.45) is 11.5. The molecule has 1 heterocycles. The molecule has 132 valence electrons. The normalized spacial score (nSPS) is 26.6. The van der Waals surface area contributed by atoms with E-state index in [9.17, 15) is 0 Å². The van der Waals surface area contributed by atoms with Gasteiger partial charge >= 0.3 is 8.56 Å². The summed E-state index contributed by atoms with van der Waals surface area (Å²) < 4.78 is 12.5. The number of hydrogen-bond acceptors (Lipinski definition) is 4. The van der Waals surface area contributed by atoms with Crippen molar-refractivity contribution in [2.75, 3.05) is 18.9 Å². The minimum atomic E-state index is -2.06. The number of hydroxylamine groups is 1. The van der Waals surface area contributed by atoms with E-state index in [0.717, 1.165) is 37.4 Å². The average Bonchev–Trinajstić information content (AvgIpc) is 2.51. The van der Waals surface area contributed by atoms with Crippen LogP contribution in [0.1, 0.15) is 71.6 Å². The summed E-state index contributed by atoms with van der Waals surface area (Å²) in [6.45, 7) is 6.38. The molecule has 1 fully saturated rings. The highest BCUT2D eigenvalue weighted by molar-refractivity contribution is 7.80. The molecule has 1 aliphatic heterocycles. The first-order valence-electron chi connectivity index (χ1n) is 9.42. The molecular formula is C17H37NO2SSi. The van der Waals surface area contributed by atoms with Crippen LogP contribution in [0.3, 0.4) is 0 Å². The van der Waals surface area contributed by atoms with Crippen LogP contribution in [-0.4, -0.2) is 27.5 Å². The maximum Gasteiger partial charge on any atom is 0.358 e. The summed E-state index contributed by atoms with van der Waals surface area (Å²) in [5.74, 6) is 1.61. The lowest BCUT2D eigenvalue weighted by Gasteiger charge is -2.34. The van der Waals surface area contributed by atoms with Crippen molar-refractivity contribution in [3.63, 3.8) is 0 Å². The van der Waals surface area contributed by atoms with E-state index in [-0.39, 0.29) is 0 Å². The van der Waals surface area contributed by atoms with Crippen molar-refractivity contribution in [3.05, 3.63) is 0 Å². The van der Waals surface area contributed by atoms with Crippen LogP contribution in [-0.2, 0) is 8.95 Å². The number of unbranched alkanes of at least 4 members (excludes halogenated alkanes) is 5. The van der Waals surface area contributed by atoms with Gasteiger partial charge in [-0.15, -0.1) is 0 Å². The zero-order valence-electron chi connectivity index (χ0n) is 14.7. The van der Waals surface area contributed by atoms with Gasteiger partial charge in [0.2, 0.25) is 0 Å². The third-order valence-corrected chi connectivity index (χ3v) is 8.52. The maximum absolute atomic E-state index is 6.35. The van der Waals surface area contributed by atoms with Crippen molar-refractivity contribution in [1.29, 1.82) is 0 Å². The molecule has 0 aromatic carbocycles. The van der Waals surface area contributed by atoms with Crippen molar-refractivity contribution in [3.8, 4) is 0 Å². The van der Waals surface area contributed by atoms with Crippen LogP contribution in [0.5, 0.6) is 0 Å². The summed E-state index contributed by atoms with van der Waals surface area (Å²) >= 11 is 4.37. The van der Waals surface area contributed by atoms with Gasteiger partial charge in [-0.1, -0.05) is 58.8 Å². The van der Waals surface area contributed by atoms with Crippen LogP contribution < -0.4 is 5.48 Å². The van der Waals surface area contributed by atoms with Gasteiger partial charge in [0, 0.05) is 13.2 Å². The first-order valence-corrected chi connectivity index (χ1v) is 12.3. The summed E-state index contributed by atoms with van der Waals surface area (Å²) in [5.41, 5.74) is 3.26. The highest BCUT2D eigenvalue weighted by atomic mass is 32.1. The first-order chi connectivity index (χ1) is 10.8. The fraction of sp³-hybridized carbons (Fsp3) is 1.00. The molecule has 0 aliphatic carbocycles. The molecule has 1 rings (SSSR count). The Labute approximate surface area is 144 Å². The van der Waals surface area contributed by atoms with Gasteiger partial charge in [0.25, 0.3) is 0 Å². The second-order valence-electron chi connectivity index (χ2n) is 6.62. The quantitative estimate of drug-likeness (QED) is 0.310. The lowest BCUT2D eigenvalue weighted by Crippen LogP contribution is -2.49. The lowest BCUT2D eigenvalue weighted by atomic mass is 10.0. The topological polar surface area (TPSA) is 30.5 Å². The molecule has 0 spiro atoms. The van der Waals surface area contributed by atoms with Crippen molar-refractivity contribution in [2.24, 2.45) is 5.92 Å². The van der Waals surface area contributed by atoms with E-state index in [1.54, 1.807) is 0 Å². The maximum atomic E-state index is 6.35. The smallest absolute Gasteiger partial charge is 0.358 e. The molecule has 0 amide bonds. The van der Waals surface area contributed by atoms with Crippen LogP contribution in [0, 0.1) is 5.92 Å². The molecule has 0 saturated carbocycles. The van der Waals surface area contributed by atoms with Gasteiger partial charge in [0.15, 0.2) is 0 Å². The van der Waals surface area contributed by atoms with Crippen molar-refractivity contribution < 1.29 is 8.95 Å². The Kier molecular flexibility index (Phi) is 11.9. The van der Waals surface area contributed by atoms with Gasteiger partial charge in [0.1, 0.15) is 0 Å². The number of thiol groups is 1. The summed E-state index contributed by atoms with van der Waals surface area (Å²) in [5, 5.41) is 0. The van der Waals surface area contributed by atoms with Gasteiger partial charge in [-0.05, 0) is 36.6 Å². The standard InChI is InChI=1S/C17H37NO2SSi/c1-3-5-6-7-8-9-14-22(15-10-13-21)19-12-11-17(4-2)16-18-20-22/h17-18,21H,3-16H2,1-2H3. The van der Waals surface area contributed by atoms with Crippen LogP contribution in [0.15, 0.2) is 0 Å². The van der Waals surface area contributed by atoms with E-state index < -0.39 is 8.56 Å². The van der Waals surface area contributed by atoms with Gasteiger partial charge in [0.05, 0.1) is 0 Å². The van der Waals surface area contributed by atoms with E-state index in [1.165, 1.54) is 51.4 Å². The molecule has 5 heteroatoms. The second kappa shape index (κ2) is 12.8. The van der Waals surface area contributed by atoms with Gasteiger partial charge in [-0.2, -0.15) is 12.6 Å². The molecule has 0 aromatic rings. The Morgan fingerprint density at radius 2 is 1.77 bits per heavy atom. The molecule has 1 saturated heterocycles. The molecule has 0 bridgehead atoms. The SMILES string of the molecule is CCCCCCCC[Si]1(CCCS)OCCC(CC)CNO1. The number of nitrogens with one attached hydrogen (secondary N) is 1. The summed E-state index contributed by atoms with van der Waals surface area (Å²) in [7, 11) is -2.06. The van der Waals surface area contributed by atoms with E-state index in [0.29, 0.717) is 5.92 Å². The van der Waals surface area contributed by atoms with E-state index in [1.807, 2.05) is 0 Å². The highest BCUT2D eigenvalue weighted by Crippen LogP contribution is 2.26. The van der Waals surface area contributed by atoms with Crippen LogP contribution in [0.4, 0.5) is 0 Å². The Morgan fingerprint density at radius 1 is 1.05 bits per heavy atom. The molecule has 1 N–H and O–H groups in total. The molecule has 22 heavy (non-hydrogen) atoms. The summed E-state index contributed by atoms with van der Waals surface area (Å²) in [4.78, 5) is 0. The molecular weight excluding hydrogens is 310 g/mol. The third-order valence-electron chi connectivity index (χ3n) is 4.73. The van der Waals surface area contributed by atoms with Crippen molar-refractivity contribution >= 4 is 21.2 Å². The summed E-state index contributed by atoms with van der Waals surface area (Å²) in [6, 6.07) is 2.21. The molecule has 2 unspecified atom stereocenters. The lowest BCUT2D eigenvalue weighted by molar-refractivity contribution is 0.0646. The highest BCUT2D eigenvalue weighted by Gasteiger charge is 2.38. The van der Waals surface area contributed by atoms with Crippen molar-refractivity contribution in [1.82, 2.24) is 5.48 Å². The zero-order valence-corrected chi connectivity index (χ0v) is 16.6. The fourth-order valence-corrected chi connectivity index (χ4v) is 6.67. The second-order valence-corrected chi connectivity index (χ2v) is 10.4. The minimum absolute atomic E-state index is 0.686. The first kappa shape index (κ1) is 20.5.